The van der Waals surface area contributed by atoms with Gasteiger partial charge >= 0.3 is 5.69 Å². The highest BCUT2D eigenvalue weighted by Gasteiger charge is 2.31. The van der Waals surface area contributed by atoms with Gasteiger partial charge in [-0.2, -0.15) is 4.31 Å². The molecule has 3 aromatic rings. The maximum Gasteiger partial charge on any atom is 0.323 e. The fourth-order valence-electron chi connectivity index (χ4n) is 3.66. The number of imidazole rings is 1. The molecule has 1 aromatic heterocycles. The van der Waals surface area contributed by atoms with E-state index < -0.39 is 10.0 Å². The van der Waals surface area contributed by atoms with Crippen molar-refractivity contribution in [1.82, 2.24) is 19.2 Å². The zero-order chi connectivity index (χ0) is 19.9. The third kappa shape index (κ3) is 3.36. The number of fused-ring (bicyclic) bond motifs is 1. The molecule has 1 aliphatic rings. The molecule has 1 unspecified atom stereocenters. The molecule has 0 saturated carbocycles. The van der Waals surface area contributed by atoms with Crippen molar-refractivity contribution in [3.05, 3.63) is 64.3 Å². The van der Waals surface area contributed by atoms with E-state index in [1.165, 1.54) is 22.5 Å². The van der Waals surface area contributed by atoms with Gasteiger partial charge in [-0.1, -0.05) is 18.2 Å². The zero-order valence-electron chi connectivity index (χ0n) is 15.4. The van der Waals surface area contributed by atoms with Crippen LogP contribution in [0.2, 0.25) is 0 Å². The van der Waals surface area contributed by atoms with Crippen molar-refractivity contribution in [2.75, 3.05) is 26.2 Å². The van der Waals surface area contributed by atoms with Gasteiger partial charge in [0.1, 0.15) is 5.82 Å². The molecule has 4 rings (SSSR count). The number of sulfonamides is 1. The van der Waals surface area contributed by atoms with E-state index in [1.807, 2.05) is 6.92 Å². The second kappa shape index (κ2) is 7.16. The van der Waals surface area contributed by atoms with Crippen LogP contribution in [0.1, 0.15) is 18.5 Å². The molecule has 0 spiro atoms. The van der Waals surface area contributed by atoms with Crippen molar-refractivity contribution in [2.45, 2.75) is 17.9 Å². The second-order valence-corrected chi connectivity index (χ2v) is 8.86. The van der Waals surface area contributed by atoms with Gasteiger partial charge in [0.25, 0.3) is 0 Å². The monoisotopic (exact) mass is 404 g/mol. The Morgan fingerprint density at radius 3 is 2.39 bits per heavy atom. The van der Waals surface area contributed by atoms with Crippen LogP contribution in [0.5, 0.6) is 0 Å². The van der Waals surface area contributed by atoms with Crippen LogP contribution >= 0.6 is 0 Å². The molecule has 0 aliphatic carbocycles. The normalized spacial score (nSPS) is 17.8. The van der Waals surface area contributed by atoms with Gasteiger partial charge in [-0.3, -0.25) is 4.90 Å². The number of aromatic amines is 2. The van der Waals surface area contributed by atoms with E-state index in [4.69, 9.17) is 0 Å². The van der Waals surface area contributed by atoms with Crippen molar-refractivity contribution in [3.8, 4) is 0 Å². The van der Waals surface area contributed by atoms with Crippen LogP contribution in [0, 0.1) is 5.82 Å². The summed E-state index contributed by atoms with van der Waals surface area (Å²) >= 11 is 0. The Balaban J connectivity index is 1.50. The molecule has 2 heterocycles. The van der Waals surface area contributed by atoms with Crippen molar-refractivity contribution in [3.63, 3.8) is 0 Å². The quantitative estimate of drug-likeness (QED) is 0.697. The summed E-state index contributed by atoms with van der Waals surface area (Å²) in [6.07, 6.45) is 0. The Labute approximate surface area is 161 Å². The lowest BCUT2D eigenvalue weighted by Crippen LogP contribution is -2.49. The number of hydrogen-bond acceptors (Lipinski definition) is 4. The number of H-pyrrole nitrogens is 2. The summed E-state index contributed by atoms with van der Waals surface area (Å²) in [5, 5.41) is 0. The van der Waals surface area contributed by atoms with Gasteiger partial charge in [0.15, 0.2) is 0 Å². The predicted octanol–water partition coefficient (Wildman–Crippen LogP) is 2.06. The van der Waals surface area contributed by atoms with E-state index in [0.717, 1.165) is 0 Å². The molecule has 148 valence electrons. The van der Waals surface area contributed by atoms with Crippen LogP contribution in [-0.4, -0.2) is 53.8 Å². The van der Waals surface area contributed by atoms with Gasteiger partial charge in [0.05, 0.1) is 15.9 Å². The fraction of sp³-hybridized carbons (Fsp3) is 0.316. The minimum Gasteiger partial charge on any atom is -0.306 e. The van der Waals surface area contributed by atoms with Gasteiger partial charge in [0, 0.05) is 37.8 Å². The Kier molecular flexibility index (Phi) is 4.82. The predicted molar refractivity (Wildman–Crippen MR) is 104 cm³/mol. The molecule has 9 heteroatoms. The van der Waals surface area contributed by atoms with E-state index in [1.54, 1.807) is 24.3 Å². The number of halogens is 1. The van der Waals surface area contributed by atoms with Crippen LogP contribution in [0.25, 0.3) is 11.0 Å². The van der Waals surface area contributed by atoms with Gasteiger partial charge in [-0.25, -0.2) is 17.6 Å². The number of rotatable bonds is 4. The summed E-state index contributed by atoms with van der Waals surface area (Å²) in [4.78, 5) is 18.8. The molecule has 1 saturated heterocycles. The smallest absolute Gasteiger partial charge is 0.306 e. The first-order valence-corrected chi connectivity index (χ1v) is 10.5. The third-order valence-corrected chi connectivity index (χ3v) is 7.20. The van der Waals surface area contributed by atoms with E-state index in [2.05, 4.69) is 14.9 Å². The van der Waals surface area contributed by atoms with E-state index in [-0.39, 0.29) is 22.4 Å². The lowest BCUT2D eigenvalue weighted by Gasteiger charge is -2.37. The topological polar surface area (TPSA) is 89.3 Å². The van der Waals surface area contributed by atoms with Gasteiger partial charge in [-0.05, 0) is 31.2 Å². The summed E-state index contributed by atoms with van der Waals surface area (Å²) in [6.45, 7) is 3.60. The molecule has 1 fully saturated rings. The lowest BCUT2D eigenvalue weighted by atomic mass is 10.1. The number of aromatic nitrogens is 2. The molecule has 1 aliphatic heterocycles. The average molecular weight is 404 g/mol. The second-order valence-electron chi connectivity index (χ2n) is 6.92. The first kappa shape index (κ1) is 18.9. The summed E-state index contributed by atoms with van der Waals surface area (Å²) in [5.41, 5.74) is 1.26. The molecule has 28 heavy (non-hydrogen) atoms. The molecule has 7 nitrogen and oxygen atoms in total. The van der Waals surface area contributed by atoms with Crippen molar-refractivity contribution < 1.29 is 12.8 Å². The first-order valence-electron chi connectivity index (χ1n) is 9.07. The minimum atomic E-state index is -3.67. The molecule has 2 N–H and O–H groups in total. The summed E-state index contributed by atoms with van der Waals surface area (Å²) < 4.78 is 41.5. The number of hydrogen-bond donors (Lipinski definition) is 2. The maximum absolute atomic E-state index is 14.1. The Morgan fingerprint density at radius 2 is 1.68 bits per heavy atom. The highest BCUT2D eigenvalue weighted by molar-refractivity contribution is 7.89. The standard InChI is InChI=1S/C19H21FN4O3S/c1-13(15-4-2-3-5-16(15)20)23-8-10-24(11-9-23)28(26,27)14-6-7-17-18(12-14)22-19(25)21-17/h2-7,12-13H,8-11H2,1H3,(H2,21,22,25). The minimum absolute atomic E-state index is 0.132. The SMILES string of the molecule is CC(c1ccccc1F)N1CCN(S(=O)(=O)c2ccc3[nH]c(=O)[nH]c3c2)CC1. The number of nitrogens with zero attached hydrogens (tertiary/aromatic N) is 2. The number of benzene rings is 2. The first-order chi connectivity index (χ1) is 13.4. The molecule has 0 bridgehead atoms. The van der Waals surface area contributed by atoms with Crippen molar-refractivity contribution in [2.24, 2.45) is 0 Å². The van der Waals surface area contributed by atoms with E-state index >= 15 is 0 Å². The highest BCUT2D eigenvalue weighted by atomic mass is 32.2. The highest BCUT2D eigenvalue weighted by Crippen LogP contribution is 2.26. The maximum atomic E-state index is 14.1. The van der Waals surface area contributed by atoms with E-state index in [9.17, 15) is 17.6 Å². The average Bonchev–Trinajstić information content (AvgIpc) is 3.07. The third-order valence-electron chi connectivity index (χ3n) is 5.30. The van der Waals surface area contributed by atoms with Crippen LogP contribution in [0.15, 0.2) is 52.2 Å². The molecule has 0 amide bonds. The Morgan fingerprint density at radius 1 is 1.00 bits per heavy atom. The molecular formula is C19H21FN4O3S. The van der Waals surface area contributed by atoms with Crippen LogP contribution in [0.3, 0.4) is 0 Å². The fourth-order valence-corrected chi connectivity index (χ4v) is 5.11. The number of piperazine rings is 1. The molecule has 0 radical (unpaired) electrons. The summed E-state index contributed by atoms with van der Waals surface area (Å²) in [6, 6.07) is 11.1. The Bertz CT molecular complexity index is 1160. The van der Waals surface area contributed by atoms with Crippen LogP contribution in [0.4, 0.5) is 4.39 Å². The summed E-state index contributed by atoms with van der Waals surface area (Å²) in [7, 11) is -3.67. The van der Waals surface area contributed by atoms with Crippen LogP contribution in [-0.2, 0) is 10.0 Å². The number of nitrogens with one attached hydrogen (secondary N) is 2. The van der Waals surface area contributed by atoms with E-state index in [0.29, 0.717) is 42.8 Å². The molecular weight excluding hydrogens is 383 g/mol. The van der Waals surface area contributed by atoms with Crippen molar-refractivity contribution >= 4 is 21.1 Å². The lowest BCUT2D eigenvalue weighted by molar-refractivity contribution is 0.143. The Hall–Kier alpha value is -2.49. The van der Waals surface area contributed by atoms with Gasteiger partial charge in [0.2, 0.25) is 10.0 Å². The molecule has 2 aromatic carbocycles. The largest absolute Gasteiger partial charge is 0.323 e. The zero-order valence-corrected chi connectivity index (χ0v) is 16.2. The van der Waals surface area contributed by atoms with Gasteiger partial charge < -0.3 is 9.97 Å². The summed E-state index contributed by atoms with van der Waals surface area (Å²) in [5.74, 6) is -0.251. The molecule has 1 atom stereocenters. The van der Waals surface area contributed by atoms with Crippen LogP contribution < -0.4 is 5.69 Å². The van der Waals surface area contributed by atoms with Gasteiger partial charge in [-0.15, -0.1) is 0 Å². The van der Waals surface area contributed by atoms with Crippen molar-refractivity contribution in [1.29, 1.82) is 0 Å².